The summed E-state index contributed by atoms with van der Waals surface area (Å²) < 4.78 is 0. The van der Waals surface area contributed by atoms with Crippen LogP contribution in [0.3, 0.4) is 0 Å². The number of nitrogens with one attached hydrogen (secondary N) is 3. The maximum atomic E-state index is 12.3. The van der Waals surface area contributed by atoms with Gasteiger partial charge in [0.25, 0.3) is 11.5 Å². The molecular weight excluding hydrogens is 436 g/mol. The normalized spacial score (nSPS) is 11.3. The number of hydrogen-bond acceptors (Lipinski definition) is 10. The van der Waals surface area contributed by atoms with Crippen LogP contribution in [0.2, 0.25) is 0 Å². The SMILES string of the molecule is N.Nc1nc2ncc(CNc3ccc(C(=O)NC(CCC(=O)O)C(=O)O)cc3)nc2c(=O)[nH]1. The Morgan fingerprint density at radius 3 is 2.45 bits per heavy atom. The van der Waals surface area contributed by atoms with Gasteiger partial charge < -0.3 is 32.7 Å². The Balaban J connectivity index is 0.00000385. The highest BCUT2D eigenvalue weighted by molar-refractivity contribution is 5.96. The maximum absolute atomic E-state index is 12.3. The number of aromatic amines is 1. The molecule has 0 spiro atoms. The molecule has 0 saturated carbocycles. The Morgan fingerprint density at radius 2 is 1.82 bits per heavy atom. The first-order valence-electron chi connectivity index (χ1n) is 9.33. The number of nitrogens with two attached hydrogens (primary N) is 1. The fourth-order valence-corrected chi connectivity index (χ4v) is 2.75. The molecule has 0 bridgehead atoms. The highest BCUT2D eigenvalue weighted by Crippen LogP contribution is 2.12. The van der Waals surface area contributed by atoms with E-state index in [1.807, 2.05) is 0 Å². The van der Waals surface area contributed by atoms with Gasteiger partial charge in [-0.15, -0.1) is 0 Å². The number of fused-ring (bicyclic) bond motifs is 1. The number of aliphatic carboxylic acids is 2. The third-order valence-electron chi connectivity index (χ3n) is 4.36. The van der Waals surface area contributed by atoms with Crippen LogP contribution in [0, 0.1) is 0 Å². The van der Waals surface area contributed by atoms with Crippen LogP contribution in [-0.2, 0) is 16.1 Å². The minimum Gasteiger partial charge on any atom is -0.481 e. The first kappa shape index (κ1) is 24.7. The lowest BCUT2D eigenvalue weighted by Crippen LogP contribution is -2.41. The summed E-state index contributed by atoms with van der Waals surface area (Å²) in [6.45, 7) is 0.231. The number of hydrogen-bond donors (Lipinski definition) is 7. The molecule has 2 aromatic heterocycles. The van der Waals surface area contributed by atoms with Crippen LogP contribution in [0.15, 0.2) is 35.3 Å². The lowest BCUT2D eigenvalue weighted by atomic mass is 10.1. The van der Waals surface area contributed by atoms with E-state index in [1.165, 1.54) is 18.3 Å². The minimum absolute atomic E-state index is 0. The van der Waals surface area contributed by atoms with Crippen molar-refractivity contribution in [3.8, 4) is 0 Å². The molecule has 1 atom stereocenters. The van der Waals surface area contributed by atoms with Crippen molar-refractivity contribution in [1.82, 2.24) is 31.4 Å². The second-order valence-electron chi connectivity index (χ2n) is 6.71. The minimum atomic E-state index is -1.31. The van der Waals surface area contributed by atoms with Gasteiger partial charge in [-0.2, -0.15) is 4.98 Å². The Hall–Kier alpha value is -4.59. The van der Waals surface area contributed by atoms with Crippen molar-refractivity contribution in [2.75, 3.05) is 11.1 Å². The Labute approximate surface area is 185 Å². The van der Waals surface area contributed by atoms with Crippen molar-refractivity contribution in [2.45, 2.75) is 25.4 Å². The molecule has 3 aromatic rings. The summed E-state index contributed by atoms with van der Waals surface area (Å²) >= 11 is 0. The molecule has 1 amide bonds. The molecule has 0 aliphatic heterocycles. The number of benzene rings is 1. The maximum Gasteiger partial charge on any atom is 0.326 e. The summed E-state index contributed by atoms with van der Waals surface area (Å²) in [5.41, 5.74) is 6.47. The smallest absolute Gasteiger partial charge is 0.326 e. The van der Waals surface area contributed by atoms with Crippen LogP contribution in [0.5, 0.6) is 0 Å². The number of nitrogens with zero attached hydrogens (tertiary/aromatic N) is 3. The van der Waals surface area contributed by atoms with Gasteiger partial charge in [0.15, 0.2) is 11.2 Å². The van der Waals surface area contributed by atoms with E-state index >= 15 is 0 Å². The lowest BCUT2D eigenvalue weighted by Gasteiger charge is -2.14. The number of rotatable bonds is 9. The van der Waals surface area contributed by atoms with Crippen LogP contribution >= 0.6 is 0 Å². The average Bonchev–Trinajstić information content (AvgIpc) is 2.75. The highest BCUT2D eigenvalue weighted by Gasteiger charge is 2.21. The lowest BCUT2D eigenvalue weighted by molar-refractivity contribution is -0.140. The van der Waals surface area contributed by atoms with Gasteiger partial charge in [-0.3, -0.25) is 19.4 Å². The van der Waals surface area contributed by atoms with E-state index in [0.717, 1.165) is 0 Å². The van der Waals surface area contributed by atoms with E-state index < -0.39 is 29.4 Å². The molecule has 0 fully saturated rings. The molecule has 1 aromatic carbocycles. The fourth-order valence-electron chi connectivity index (χ4n) is 2.75. The molecule has 14 nitrogen and oxygen atoms in total. The third-order valence-corrected chi connectivity index (χ3v) is 4.36. The standard InChI is InChI=1S/C19H19N7O6.H3N/c20-19-25-15-14(17(30)26-19)23-11(8-22-15)7-21-10-3-1-9(2-4-10)16(29)24-12(18(31)32)5-6-13(27)28;/h1-4,8,12,21H,5-7H2,(H,24,29)(H,27,28)(H,31,32)(H3,20,22,25,26,30);1H3. The van der Waals surface area contributed by atoms with Gasteiger partial charge in [0.1, 0.15) is 6.04 Å². The van der Waals surface area contributed by atoms with Crippen LogP contribution in [-0.4, -0.2) is 54.0 Å². The van der Waals surface area contributed by atoms with Gasteiger partial charge in [-0.05, 0) is 30.7 Å². The van der Waals surface area contributed by atoms with Crippen molar-refractivity contribution < 1.29 is 24.6 Å². The fraction of sp³-hybridized carbons (Fsp3) is 0.211. The molecule has 0 aliphatic carbocycles. The topological polar surface area (TPSA) is 248 Å². The molecular formula is C19H22N8O6. The summed E-state index contributed by atoms with van der Waals surface area (Å²) in [4.78, 5) is 60.6. The van der Waals surface area contributed by atoms with Crippen LogP contribution < -0.4 is 28.1 Å². The zero-order valence-corrected chi connectivity index (χ0v) is 17.2. The zero-order valence-electron chi connectivity index (χ0n) is 17.2. The van der Waals surface area contributed by atoms with E-state index in [9.17, 15) is 19.2 Å². The van der Waals surface area contributed by atoms with Crippen molar-refractivity contribution in [1.29, 1.82) is 0 Å². The number of H-pyrrole nitrogens is 1. The van der Waals surface area contributed by atoms with E-state index in [0.29, 0.717) is 11.4 Å². The second kappa shape index (κ2) is 10.6. The van der Waals surface area contributed by atoms with Crippen molar-refractivity contribution in [2.24, 2.45) is 0 Å². The van der Waals surface area contributed by atoms with Gasteiger partial charge in [0.05, 0.1) is 18.4 Å². The van der Waals surface area contributed by atoms with Crippen LogP contribution in [0.1, 0.15) is 28.9 Å². The highest BCUT2D eigenvalue weighted by atomic mass is 16.4. The molecule has 3 rings (SSSR count). The number of amides is 1. The molecule has 10 N–H and O–H groups in total. The van der Waals surface area contributed by atoms with Crippen molar-refractivity contribution in [3.63, 3.8) is 0 Å². The van der Waals surface area contributed by atoms with Gasteiger partial charge >= 0.3 is 11.9 Å². The number of aromatic nitrogens is 4. The van der Waals surface area contributed by atoms with Crippen molar-refractivity contribution in [3.05, 3.63) is 52.1 Å². The zero-order chi connectivity index (χ0) is 23.3. The van der Waals surface area contributed by atoms with Gasteiger partial charge in [-0.1, -0.05) is 0 Å². The van der Waals surface area contributed by atoms with Gasteiger partial charge in [0.2, 0.25) is 5.95 Å². The largest absolute Gasteiger partial charge is 0.481 e. The quantitative estimate of drug-likeness (QED) is 0.226. The first-order valence-corrected chi connectivity index (χ1v) is 9.33. The molecule has 1 unspecified atom stereocenters. The molecule has 2 heterocycles. The summed E-state index contributed by atoms with van der Waals surface area (Å²) in [7, 11) is 0. The van der Waals surface area contributed by atoms with E-state index in [4.69, 9.17) is 15.9 Å². The molecule has 33 heavy (non-hydrogen) atoms. The number of carboxylic acids is 2. The van der Waals surface area contributed by atoms with Gasteiger partial charge in [0, 0.05) is 17.7 Å². The molecule has 0 aliphatic rings. The predicted octanol–water partition coefficient (Wildman–Crippen LogP) is 0.117. The summed E-state index contributed by atoms with van der Waals surface area (Å²) in [6, 6.07) is 4.86. The second-order valence-corrected chi connectivity index (χ2v) is 6.71. The number of carbonyl (C=O) groups excluding carboxylic acids is 1. The monoisotopic (exact) mass is 458 g/mol. The molecule has 0 radical (unpaired) electrons. The molecule has 0 saturated heterocycles. The predicted molar refractivity (Wildman–Crippen MR) is 117 cm³/mol. The number of carboxylic acid groups (broad SMARTS) is 2. The summed E-state index contributed by atoms with van der Waals surface area (Å²) in [5.74, 6) is -3.16. The van der Waals surface area contributed by atoms with Crippen molar-refractivity contribution >= 4 is 40.6 Å². The number of carbonyl (C=O) groups is 3. The van der Waals surface area contributed by atoms with Crippen LogP contribution in [0.4, 0.5) is 11.6 Å². The summed E-state index contributed by atoms with van der Waals surface area (Å²) in [6.07, 6.45) is 0.840. The van der Waals surface area contributed by atoms with E-state index in [1.54, 1.807) is 12.1 Å². The van der Waals surface area contributed by atoms with E-state index in [2.05, 4.69) is 30.6 Å². The molecule has 14 heteroatoms. The Kier molecular flexibility index (Phi) is 7.95. The Morgan fingerprint density at radius 1 is 1.12 bits per heavy atom. The van der Waals surface area contributed by atoms with E-state index in [-0.39, 0.29) is 48.2 Å². The number of anilines is 2. The molecule has 174 valence electrons. The average molecular weight is 458 g/mol. The first-order chi connectivity index (χ1) is 15.2. The van der Waals surface area contributed by atoms with Crippen LogP contribution in [0.25, 0.3) is 11.2 Å². The number of nitrogen functional groups attached to an aromatic ring is 1. The summed E-state index contributed by atoms with van der Waals surface area (Å²) in [5, 5.41) is 23.2. The Bertz CT molecular complexity index is 1230. The third kappa shape index (κ3) is 6.44. The van der Waals surface area contributed by atoms with Gasteiger partial charge in [-0.25, -0.2) is 14.8 Å².